The normalized spacial score (nSPS) is 11.0. The summed E-state index contributed by atoms with van der Waals surface area (Å²) in [7, 11) is 0. The number of aryl methyl sites for hydroxylation is 1. The van der Waals surface area contributed by atoms with Gasteiger partial charge in [-0.05, 0) is 6.92 Å². The molecular weight excluding hydrogens is 186 g/mol. The Labute approximate surface area is 86.8 Å². The molecule has 0 aliphatic carbocycles. The zero-order chi connectivity index (χ0) is 10.3. The van der Waals surface area contributed by atoms with Crippen molar-refractivity contribution in [2.24, 2.45) is 0 Å². The highest BCUT2D eigenvalue weighted by atomic mass is 14.9. The predicted octanol–water partition coefficient (Wildman–Crippen LogP) is 2.49. The van der Waals surface area contributed by atoms with Crippen molar-refractivity contribution < 1.29 is 0 Å². The van der Waals surface area contributed by atoms with Gasteiger partial charge in [0.05, 0.1) is 5.69 Å². The van der Waals surface area contributed by atoms with Crippen LogP contribution in [0.2, 0.25) is 0 Å². The maximum absolute atomic E-state index is 4.38. The summed E-state index contributed by atoms with van der Waals surface area (Å²) in [4.78, 5) is 12.8. The van der Waals surface area contributed by atoms with Crippen LogP contribution >= 0.6 is 0 Å². The van der Waals surface area contributed by atoms with Gasteiger partial charge in [-0.25, -0.2) is 9.97 Å². The van der Waals surface area contributed by atoms with Gasteiger partial charge in [-0.15, -0.1) is 0 Å². The Morgan fingerprint density at radius 3 is 2.73 bits per heavy atom. The van der Waals surface area contributed by atoms with Crippen LogP contribution in [0.3, 0.4) is 0 Å². The van der Waals surface area contributed by atoms with Crippen LogP contribution in [0.4, 0.5) is 0 Å². The average Bonchev–Trinajstić information content (AvgIpc) is 2.29. The molecule has 0 saturated carbocycles. The molecular formula is C12H9N3. The first-order valence-electron chi connectivity index (χ1n) is 4.81. The molecule has 0 N–H and O–H groups in total. The van der Waals surface area contributed by atoms with Gasteiger partial charge < -0.3 is 0 Å². The molecule has 2 heterocycles. The highest BCUT2D eigenvalue weighted by Gasteiger charge is 2.04. The van der Waals surface area contributed by atoms with Gasteiger partial charge in [-0.2, -0.15) is 0 Å². The summed E-state index contributed by atoms with van der Waals surface area (Å²) in [6.45, 7) is 1.95. The summed E-state index contributed by atoms with van der Waals surface area (Å²) in [5.74, 6) is 0. The van der Waals surface area contributed by atoms with E-state index in [-0.39, 0.29) is 0 Å². The van der Waals surface area contributed by atoms with E-state index >= 15 is 0 Å². The van der Waals surface area contributed by atoms with Gasteiger partial charge in [0.25, 0.3) is 0 Å². The van der Waals surface area contributed by atoms with Gasteiger partial charge in [0, 0.05) is 17.0 Å². The first kappa shape index (κ1) is 8.29. The number of pyridine rings is 1. The number of benzene rings is 1. The van der Waals surface area contributed by atoms with E-state index < -0.39 is 0 Å². The summed E-state index contributed by atoms with van der Waals surface area (Å²) < 4.78 is 0. The predicted molar refractivity (Wildman–Crippen MR) is 59.6 cm³/mol. The molecule has 3 rings (SSSR count). The molecule has 0 atom stereocenters. The van der Waals surface area contributed by atoms with Crippen LogP contribution in [-0.2, 0) is 0 Å². The maximum Gasteiger partial charge on any atom is 0.116 e. The Bertz CT molecular complexity index is 646. The number of aromatic nitrogens is 3. The van der Waals surface area contributed by atoms with Crippen molar-refractivity contribution in [3.8, 4) is 0 Å². The van der Waals surface area contributed by atoms with E-state index in [1.807, 2.05) is 31.3 Å². The van der Waals surface area contributed by atoms with E-state index in [1.54, 1.807) is 6.33 Å². The second-order valence-electron chi connectivity index (χ2n) is 3.50. The second kappa shape index (κ2) is 2.98. The largest absolute Gasteiger partial charge is 0.252 e. The number of nitrogens with zero attached hydrogens (tertiary/aromatic N) is 3. The standard InChI is InChI=1S/C12H9N3/c1-8-11-12(15-7-14-8)10-5-3-2-4-9(10)6-13-11/h2-7H,1H3. The fraction of sp³-hybridized carbons (Fsp3) is 0.0833. The molecule has 0 bridgehead atoms. The molecule has 1 aromatic carbocycles. The van der Waals surface area contributed by atoms with E-state index in [0.717, 1.165) is 27.5 Å². The zero-order valence-corrected chi connectivity index (χ0v) is 8.31. The highest BCUT2D eigenvalue weighted by molar-refractivity contribution is 6.03. The van der Waals surface area contributed by atoms with Gasteiger partial charge >= 0.3 is 0 Å². The molecule has 3 heteroatoms. The van der Waals surface area contributed by atoms with E-state index in [4.69, 9.17) is 0 Å². The van der Waals surface area contributed by atoms with Gasteiger partial charge in [-0.3, -0.25) is 4.98 Å². The third-order valence-corrected chi connectivity index (χ3v) is 2.55. The molecule has 0 amide bonds. The fourth-order valence-corrected chi connectivity index (χ4v) is 1.78. The summed E-state index contributed by atoms with van der Waals surface area (Å²) in [6.07, 6.45) is 3.46. The Morgan fingerprint density at radius 1 is 0.933 bits per heavy atom. The molecule has 15 heavy (non-hydrogen) atoms. The Hall–Kier alpha value is -2.03. The van der Waals surface area contributed by atoms with E-state index in [1.165, 1.54) is 0 Å². The average molecular weight is 195 g/mol. The minimum atomic E-state index is 0.885. The number of hydrogen-bond acceptors (Lipinski definition) is 3. The molecule has 0 fully saturated rings. The van der Waals surface area contributed by atoms with Crippen LogP contribution in [0.25, 0.3) is 21.8 Å². The van der Waals surface area contributed by atoms with Crippen molar-refractivity contribution in [3.05, 3.63) is 42.5 Å². The number of hydrogen-bond donors (Lipinski definition) is 0. The minimum Gasteiger partial charge on any atom is -0.252 e. The van der Waals surface area contributed by atoms with Gasteiger partial charge in [-0.1, -0.05) is 24.3 Å². The lowest BCUT2D eigenvalue weighted by atomic mass is 10.1. The monoisotopic (exact) mass is 195 g/mol. The number of fused-ring (bicyclic) bond motifs is 3. The number of rotatable bonds is 0. The molecule has 0 unspecified atom stereocenters. The summed E-state index contributed by atoms with van der Waals surface area (Å²) in [5, 5.41) is 2.25. The van der Waals surface area contributed by atoms with Crippen molar-refractivity contribution >= 4 is 21.8 Å². The van der Waals surface area contributed by atoms with Crippen molar-refractivity contribution in [1.82, 2.24) is 15.0 Å². The fourth-order valence-electron chi connectivity index (χ4n) is 1.78. The molecule has 3 nitrogen and oxygen atoms in total. The summed E-state index contributed by atoms with van der Waals surface area (Å²) in [5.41, 5.74) is 2.74. The SMILES string of the molecule is Cc1ncnc2c1ncc1ccccc12. The van der Waals surface area contributed by atoms with Gasteiger partial charge in [0.15, 0.2) is 0 Å². The van der Waals surface area contributed by atoms with Crippen molar-refractivity contribution in [2.75, 3.05) is 0 Å². The van der Waals surface area contributed by atoms with E-state index in [2.05, 4.69) is 21.0 Å². The van der Waals surface area contributed by atoms with Crippen LogP contribution < -0.4 is 0 Å². The van der Waals surface area contributed by atoms with Crippen LogP contribution in [0.5, 0.6) is 0 Å². The second-order valence-corrected chi connectivity index (χ2v) is 3.50. The van der Waals surface area contributed by atoms with Crippen LogP contribution in [0, 0.1) is 6.92 Å². The lowest BCUT2D eigenvalue weighted by Crippen LogP contribution is -1.91. The quantitative estimate of drug-likeness (QED) is 0.517. The minimum absolute atomic E-state index is 0.885. The summed E-state index contributed by atoms with van der Waals surface area (Å²) in [6, 6.07) is 8.12. The lowest BCUT2D eigenvalue weighted by Gasteiger charge is -2.02. The lowest BCUT2D eigenvalue weighted by molar-refractivity contribution is 1.13. The Balaban J connectivity index is 2.60. The molecule has 72 valence electrons. The molecule has 0 radical (unpaired) electrons. The van der Waals surface area contributed by atoms with Crippen molar-refractivity contribution in [1.29, 1.82) is 0 Å². The molecule has 2 aromatic heterocycles. The third kappa shape index (κ3) is 1.16. The van der Waals surface area contributed by atoms with Crippen LogP contribution in [0.15, 0.2) is 36.8 Å². The summed E-state index contributed by atoms with van der Waals surface area (Å²) >= 11 is 0. The molecule has 0 spiro atoms. The molecule has 0 aliphatic rings. The Kier molecular flexibility index (Phi) is 1.65. The molecule has 0 saturated heterocycles. The smallest absolute Gasteiger partial charge is 0.116 e. The first-order chi connectivity index (χ1) is 7.36. The van der Waals surface area contributed by atoms with Gasteiger partial charge in [0.1, 0.15) is 17.4 Å². The molecule has 0 aliphatic heterocycles. The van der Waals surface area contributed by atoms with E-state index in [9.17, 15) is 0 Å². The highest BCUT2D eigenvalue weighted by Crippen LogP contribution is 2.21. The van der Waals surface area contributed by atoms with Crippen LogP contribution in [0.1, 0.15) is 5.69 Å². The topological polar surface area (TPSA) is 38.7 Å². The zero-order valence-electron chi connectivity index (χ0n) is 8.31. The Morgan fingerprint density at radius 2 is 1.80 bits per heavy atom. The van der Waals surface area contributed by atoms with Crippen LogP contribution in [-0.4, -0.2) is 15.0 Å². The van der Waals surface area contributed by atoms with Crippen molar-refractivity contribution in [3.63, 3.8) is 0 Å². The third-order valence-electron chi connectivity index (χ3n) is 2.55. The maximum atomic E-state index is 4.38. The van der Waals surface area contributed by atoms with Crippen molar-refractivity contribution in [2.45, 2.75) is 6.92 Å². The van der Waals surface area contributed by atoms with E-state index in [0.29, 0.717) is 0 Å². The first-order valence-corrected chi connectivity index (χ1v) is 4.81. The molecule has 3 aromatic rings. The van der Waals surface area contributed by atoms with Gasteiger partial charge in [0.2, 0.25) is 0 Å².